The van der Waals surface area contributed by atoms with E-state index in [1.54, 1.807) is 0 Å². The lowest BCUT2D eigenvalue weighted by atomic mass is 8.57. The van der Waals surface area contributed by atoms with Crippen molar-refractivity contribution in [3.05, 3.63) is 29.8 Å². The number of ether oxygens (including phenoxy) is 1. The summed E-state index contributed by atoms with van der Waals surface area (Å²) in [5.41, 5.74) is 1.18. The highest BCUT2D eigenvalue weighted by atomic mass is 16.5. The maximum Gasteiger partial charge on any atom is 0.119 e. The van der Waals surface area contributed by atoms with Crippen LogP contribution in [0, 0.1) is 6.92 Å². The van der Waals surface area contributed by atoms with Gasteiger partial charge in [-0.05, 0) is 30.4 Å². The van der Waals surface area contributed by atoms with E-state index in [-0.39, 0.29) is 12.8 Å². The quantitative estimate of drug-likeness (QED) is 0.561. The van der Waals surface area contributed by atoms with Crippen molar-refractivity contribution in [2.45, 2.75) is 19.1 Å². The predicted octanol–water partition coefficient (Wildman–Crippen LogP) is -1.13. The zero-order valence-electron chi connectivity index (χ0n) is 12.5. The summed E-state index contributed by atoms with van der Waals surface area (Å²) in [6.45, 7) is 3.02. The molecule has 1 fully saturated rings. The van der Waals surface area contributed by atoms with E-state index in [1.807, 2.05) is 31.2 Å². The predicted molar refractivity (Wildman–Crippen MR) is 103 cm³/mol. The highest BCUT2D eigenvalue weighted by Gasteiger charge is 2.50. The van der Waals surface area contributed by atoms with Crippen LogP contribution in [0.25, 0.3) is 0 Å². The van der Waals surface area contributed by atoms with Crippen LogP contribution in [0.15, 0.2) is 24.3 Å². The van der Waals surface area contributed by atoms with Gasteiger partial charge in [-0.3, -0.25) is 0 Å². The van der Waals surface area contributed by atoms with Gasteiger partial charge >= 0.3 is 0 Å². The number of benzene rings is 1. The lowest BCUT2D eigenvalue weighted by Crippen LogP contribution is -2.63. The molecule has 10 radical (unpaired) electrons. The Balaban J connectivity index is 1.88. The Labute approximate surface area is 137 Å². The van der Waals surface area contributed by atoms with Gasteiger partial charge in [-0.25, -0.2) is 0 Å². The molecule has 0 N–H and O–H groups in total. The van der Waals surface area contributed by atoms with Crippen LogP contribution < -0.4 is 4.74 Å². The Kier molecular flexibility index (Phi) is 5.91. The third-order valence-corrected chi connectivity index (χ3v) is 4.26. The smallest absolute Gasteiger partial charge is 0.119 e. The Hall–Kier alpha value is -0.331. The van der Waals surface area contributed by atoms with E-state index in [1.165, 1.54) is 5.56 Å². The standard InChI is InChI=1S/C10H12B10O/c1-8-3-2-4-10(5-8)21-7-9-6-16(9)20(18(13)14)19(15)17(11)12/h2-5,9H,6-7H2,1H3. The normalized spacial score (nSPS) is 16.2. The minimum absolute atomic E-state index is 0.0730. The summed E-state index contributed by atoms with van der Waals surface area (Å²) < 4.78 is 5.83. The molecule has 0 aliphatic carbocycles. The van der Waals surface area contributed by atoms with Gasteiger partial charge in [0.25, 0.3) is 0 Å². The zero-order chi connectivity index (χ0) is 15.6. The molecule has 1 unspecified atom stereocenters. The molecule has 88 valence electrons. The van der Waals surface area contributed by atoms with Gasteiger partial charge in [0.1, 0.15) is 5.75 Å². The number of rotatable bonds is 7. The maximum atomic E-state index is 6.04. The van der Waals surface area contributed by atoms with Crippen LogP contribution in [0.5, 0.6) is 5.75 Å². The zero-order valence-corrected chi connectivity index (χ0v) is 12.5. The molecular weight excluding hydrogens is 244 g/mol. The first-order valence-corrected chi connectivity index (χ1v) is 7.37. The molecule has 0 aromatic heterocycles. The summed E-state index contributed by atoms with van der Waals surface area (Å²) in [5, 5.41) is 0. The van der Waals surface area contributed by atoms with E-state index in [0.29, 0.717) is 19.0 Å². The third-order valence-electron chi connectivity index (χ3n) is 4.26. The van der Waals surface area contributed by atoms with Gasteiger partial charge in [0, 0.05) is 64.2 Å². The van der Waals surface area contributed by atoms with Crippen molar-refractivity contribution in [2.24, 2.45) is 0 Å². The second-order valence-corrected chi connectivity index (χ2v) is 6.10. The molecule has 1 aliphatic rings. The molecule has 21 heavy (non-hydrogen) atoms. The van der Waals surface area contributed by atoms with Crippen LogP contribution in [0.4, 0.5) is 0 Å². The van der Waals surface area contributed by atoms with Crippen molar-refractivity contribution < 1.29 is 4.74 Å². The SMILES string of the molecule is [B]B([B])B([B])B(B([B])[B])B1CC1COc1cccc(C)c1. The van der Waals surface area contributed by atoms with Crippen molar-refractivity contribution in [2.75, 3.05) is 6.61 Å². The molecule has 0 bridgehead atoms. The first kappa shape index (κ1) is 17.0. The molecule has 1 nitrogen and oxygen atoms in total. The average Bonchev–Trinajstić information content (AvgIpc) is 3.15. The van der Waals surface area contributed by atoms with E-state index in [2.05, 4.69) is 0 Å². The van der Waals surface area contributed by atoms with Crippen LogP contribution in [0.1, 0.15) is 5.56 Å². The van der Waals surface area contributed by atoms with Crippen molar-refractivity contribution >= 4 is 70.8 Å². The summed E-state index contributed by atoms with van der Waals surface area (Å²) in [7, 11) is 29.1. The fourth-order valence-electron chi connectivity index (χ4n) is 2.93. The van der Waals surface area contributed by atoms with Gasteiger partial charge in [0.15, 0.2) is 0 Å². The van der Waals surface area contributed by atoms with E-state index in [9.17, 15) is 0 Å². The van der Waals surface area contributed by atoms with Crippen LogP contribution in [0.2, 0.25) is 12.1 Å². The fraction of sp³-hybridized carbons (Fsp3) is 0.400. The van der Waals surface area contributed by atoms with E-state index >= 15 is 0 Å². The third kappa shape index (κ3) is 4.57. The lowest BCUT2D eigenvalue weighted by molar-refractivity contribution is 0.326. The Morgan fingerprint density at radius 2 is 1.90 bits per heavy atom. The van der Waals surface area contributed by atoms with E-state index < -0.39 is 12.8 Å². The molecule has 1 heterocycles. The maximum absolute atomic E-state index is 6.04. The highest BCUT2D eigenvalue weighted by Crippen LogP contribution is 2.39. The van der Waals surface area contributed by atoms with Crippen molar-refractivity contribution in [3.8, 4) is 5.75 Å². The average molecular weight is 256 g/mol. The van der Waals surface area contributed by atoms with Crippen molar-refractivity contribution in [3.63, 3.8) is 0 Å². The van der Waals surface area contributed by atoms with Crippen LogP contribution in [-0.2, 0) is 0 Å². The van der Waals surface area contributed by atoms with Crippen molar-refractivity contribution in [1.82, 2.24) is 0 Å². The number of aryl methyl sites for hydroxylation is 1. The van der Waals surface area contributed by atoms with Crippen LogP contribution in [0.3, 0.4) is 0 Å². The lowest BCUT2D eigenvalue weighted by Gasteiger charge is -2.25. The molecule has 1 aliphatic heterocycles. The molecule has 1 saturated heterocycles. The monoisotopic (exact) mass is 258 g/mol. The first-order valence-electron chi connectivity index (χ1n) is 7.37. The minimum Gasteiger partial charge on any atom is -0.494 e. The summed E-state index contributed by atoms with van der Waals surface area (Å²) in [6, 6.07) is 8.00. The van der Waals surface area contributed by atoms with Gasteiger partial charge in [0.05, 0.1) is 13.2 Å². The summed E-state index contributed by atoms with van der Waals surface area (Å²) in [5.74, 6) is 1.30. The molecule has 0 saturated carbocycles. The molecule has 0 spiro atoms. The molecule has 1 aromatic carbocycles. The van der Waals surface area contributed by atoms with E-state index in [4.69, 9.17) is 43.4 Å². The molecular formula is C10H12B10O. The molecule has 1 atom stereocenters. The summed E-state index contributed by atoms with van der Waals surface area (Å²) >= 11 is 0. The van der Waals surface area contributed by atoms with Gasteiger partial charge < -0.3 is 4.74 Å². The van der Waals surface area contributed by atoms with Gasteiger partial charge in [-0.2, -0.15) is 0 Å². The van der Waals surface area contributed by atoms with E-state index in [0.717, 1.165) is 12.1 Å². The van der Waals surface area contributed by atoms with Gasteiger partial charge in [-0.15, -0.1) is 0 Å². The first-order chi connectivity index (χ1) is 9.90. The number of hydrogen-bond acceptors (Lipinski definition) is 1. The molecule has 2 rings (SSSR count). The minimum atomic E-state index is -0.608. The molecule has 0 amide bonds. The Morgan fingerprint density at radius 3 is 2.48 bits per heavy atom. The van der Waals surface area contributed by atoms with Crippen LogP contribution >= 0.6 is 0 Å². The molecule has 1 aromatic rings. The Bertz CT molecular complexity index is 469. The van der Waals surface area contributed by atoms with Gasteiger partial charge in [-0.1, -0.05) is 18.5 Å². The van der Waals surface area contributed by atoms with Crippen LogP contribution in [-0.4, -0.2) is 77.4 Å². The fourth-order valence-corrected chi connectivity index (χ4v) is 2.93. The topological polar surface area (TPSA) is 9.23 Å². The van der Waals surface area contributed by atoms with Gasteiger partial charge in [0.2, 0.25) is 0 Å². The summed E-state index contributed by atoms with van der Waals surface area (Å²) in [4.78, 5) is 0. The van der Waals surface area contributed by atoms with Crippen molar-refractivity contribution in [1.29, 1.82) is 0 Å². The largest absolute Gasteiger partial charge is 0.494 e. The second-order valence-electron chi connectivity index (χ2n) is 6.10. The highest BCUT2D eigenvalue weighted by molar-refractivity contribution is 8.01. The Morgan fingerprint density at radius 1 is 1.19 bits per heavy atom. The second kappa shape index (κ2) is 7.29. The number of hydrogen-bond donors (Lipinski definition) is 0. The summed E-state index contributed by atoms with van der Waals surface area (Å²) in [6.07, 6.45) is -0.580. The molecule has 11 heteroatoms.